The first-order valence-electron chi connectivity index (χ1n) is 6.97. The molecule has 0 fully saturated rings. The van der Waals surface area contributed by atoms with Gasteiger partial charge in [0.2, 0.25) is 5.78 Å². The summed E-state index contributed by atoms with van der Waals surface area (Å²) in [5, 5.41) is 18.9. The lowest BCUT2D eigenvalue weighted by Gasteiger charge is -1.95. The van der Waals surface area contributed by atoms with Crippen LogP contribution in [0, 0.1) is 0 Å². The van der Waals surface area contributed by atoms with Gasteiger partial charge in [-0.1, -0.05) is 23.3 Å². The van der Waals surface area contributed by atoms with Crippen LogP contribution < -0.4 is 5.73 Å². The molecule has 124 valence electrons. The largest absolute Gasteiger partial charge is 0.464 e. The molecule has 0 aliphatic carbocycles. The number of aromatic nitrogens is 4. The minimum Gasteiger partial charge on any atom is -0.464 e. The topological polar surface area (TPSA) is 137 Å². The smallest absolute Gasteiger partial charge is 0.416 e. The van der Waals surface area contributed by atoms with Crippen molar-refractivity contribution in [3.63, 3.8) is 0 Å². The van der Waals surface area contributed by atoms with Crippen LogP contribution in [0.4, 0.5) is 10.8 Å². The number of para-hydroxylation sites is 1. The van der Waals surface area contributed by atoms with E-state index in [0.29, 0.717) is 16.6 Å². The molecular weight excluding hydrogens is 346 g/mol. The van der Waals surface area contributed by atoms with Crippen LogP contribution in [-0.2, 0) is 0 Å². The van der Waals surface area contributed by atoms with Crippen LogP contribution >= 0.6 is 11.3 Å². The minimum atomic E-state index is -1.17. The first-order valence-corrected chi connectivity index (χ1v) is 7.85. The summed E-state index contributed by atoms with van der Waals surface area (Å²) < 4.78 is 6.09. The van der Waals surface area contributed by atoms with Crippen molar-refractivity contribution in [1.29, 1.82) is 0 Å². The number of anilines is 1. The van der Waals surface area contributed by atoms with E-state index in [9.17, 15) is 14.7 Å². The number of ketones is 1. The lowest BCUT2D eigenvalue weighted by atomic mass is 10.1. The molecule has 0 saturated heterocycles. The van der Waals surface area contributed by atoms with E-state index in [-0.39, 0.29) is 28.3 Å². The molecule has 25 heavy (non-hydrogen) atoms. The molecule has 1 aromatic carbocycles. The van der Waals surface area contributed by atoms with Crippen molar-refractivity contribution in [2.24, 2.45) is 0 Å². The molecule has 4 rings (SSSR count). The first-order chi connectivity index (χ1) is 12.0. The van der Waals surface area contributed by atoms with Crippen molar-refractivity contribution in [3.05, 3.63) is 46.4 Å². The average Bonchev–Trinajstić information content (AvgIpc) is 3.31. The van der Waals surface area contributed by atoms with Crippen molar-refractivity contribution < 1.29 is 19.1 Å². The van der Waals surface area contributed by atoms with E-state index < -0.39 is 6.09 Å². The SMILES string of the molecule is Nc1nnc(-c2csc(C(=O)c3cn(C(=O)O)c4ccccc34)n2)o1. The van der Waals surface area contributed by atoms with Gasteiger partial charge in [0.05, 0.1) is 11.1 Å². The van der Waals surface area contributed by atoms with Crippen LogP contribution in [0.2, 0.25) is 0 Å². The van der Waals surface area contributed by atoms with Gasteiger partial charge in [0.15, 0.2) is 5.01 Å². The molecule has 0 atom stereocenters. The van der Waals surface area contributed by atoms with Crippen LogP contribution in [0.1, 0.15) is 15.4 Å². The minimum absolute atomic E-state index is 0.0968. The Balaban J connectivity index is 1.78. The third kappa shape index (κ3) is 2.44. The standard InChI is InChI=1S/C15H9N5O4S/c16-14-19-18-12(24-14)9-6-25-13(17-9)11(21)8-5-20(15(22)23)10-4-2-1-3-7(8)10/h1-6H,(H2,16,19)(H,22,23). The van der Waals surface area contributed by atoms with E-state index in [0.717, 1.165) is 15.9 Å². The summed E-state index contributed by atoms with van der Waals surface area (Å²) >= 11 is 1.10. The van der Waals surface area contributed by atoms with Crippen molar-refractivity contribution in [2.75, 3.05) is 5.73 Å². The highest BCUT2D eigenvalue weighted by molar-refractivity contribution is 7.12. The monoisotopic (exact) mass is 355 g/mol. The molecule has 0 bridgehead atoms. The number of nitrogens with two attached hydrogens (primary N) is 1. The lowest BCUT2D eigenvalue weighted by molar-refractivity contribution is 0.104. The van der Waals surface area contributed by atoms with Crippen LogP contribution in [0.25, 0.3) is 22.5 Å². The maximum Gasteiger partial charge on any atom is 0.416 e. The van der Waals surface area contributed by atoms with Gasteiger partial charge in [-0.15, -0.1) is 16.4 Å². The summed E-state index contributed by atoms with van der Waals surface area (Å²) in [5.41, 5.74) is 6.39. The normalized spacial score (nSPS) is 11.0. The third-order valence-corrected chi connectivity index (χ3v) is 4.36. The number of carbonyl (C=O) groups excluding carboxylic acids is 1. The molecule has 0 aliphatic heterocycles. The van der Waals surface area contributed by atoms with Crippen molar-refractivity contribution in [1.82, 2.24) is 19.7 Å². The van der Waals surface area contributed by atoms with Crippen LogP contribution in [0.3, 0.4) is 0 Å². The Morgan fingerprint density at radius 2 is 2.04 bits per heavy atom. The quantitative estimate of drug-likeness (QED) is 0.535. The Kier molecular flexibility index (Phi) is 3.32. The molecule has 3 aromatic heterocycles. The zero-order chi connectivity index (χ0) is 17.6. The number of carboxylic acid groups (broad SMARTS) is 1. The molecule has 0 saturated carbocycles. The summed E-state index contributed by atoms with van der Waals surface area (Å²) in [4.78, 5) is 28.4. The van der Waals surface area contributed by atoms with Gasteiger partial charge in [-0.05, 0) is 6.07 Å². The predicted molar refractivity (Wildman–Crippen MR) is 88.6 cm³/mol. The highest BCUT2D eigenvalue weighted by Gasteiger charge is 2.22. The average molecular weight is 355 g/mol. The summed E-state index contributed by atoms with van der Waals surface area (Å²) in [7, 11) is 0. The maximum absolute atomic E-state index is 12.8. The van der Waals surface area contributed by atoms with E-state index in [1.165, 1.54) is 6.20 Å². The van der Waals surface area contributed by atoms with E-state index in [4.69, 9.17) is 10.2 Å². The Hall–Kier alpha value is -3.53. The summed E-state index contributed by atoms with van der Waals surface area (Å²) in [6.45, 7) is 0. The summed E-state index contributed by atoms with van der Waals surface area (Å²) in [5.74, 6) is -0.277. The number of carbonyl (C=O) groups is 2. The second kappa shape index (κ2) is 5.53. The molecular formula is C15H9N5O4S. The molecule has 0 amide bonds. The van der Waals surface area contributed by atoms with E-state index in [2.05, 4.69) is 15.2 Å². The molecule has 0 unspecified atom stereocenters. The lowest BCUT2D eigenvalue weighted by Crippen LogP contribution is -2.06. The highest BCUT2D eigenvalue weighted by atomic mass is 32.1. The number of hydrogen-bond donors (Lipinski definition) is 2. The number of nitrogens with zero attached hydrogens (tertiary/aromatic N) is 4. The Morgan fingerprint density at radius 1 is 1.24 bits per heavy atom. The summed E-state index contributed by atoms with van der Waals surface area (Å²) in [6.07, 6.45) is 0.123. The summed E-state index contributed by atoms with van der Waals surface area (Å²) in [6, 6.07) is 6.67. The van der Waals surface area contributed by atoms with Gasteiger partial charge in [0, 0.05) is 17.0 Å². The van der Waals surface area contributed by atoms with Crippen LogP contribution in [0.5, 0.6) is 0 Å². The number of benzene rings is 1. The molecule has 3 heterocycles. The number of thiazole rings is 1. The van der Waals surface area contributed by atoms with Crippen molar-refractivity contribution in [3.8, 4) is 11.6 Å². The van der Waals surface area contributed by atoms with Crippen molar-refractivity contribution >= 4 is 40.1 Å². The fraction of sp³-hybridized carbons (Fsp3) is 0. The first kappa shape index (κ1) is 15.0. The van der Waals surface area contributed by atoms with Gasteiger partial charge in [0.1, 0.15) is 5.69 Å². The molecule has 4 aromatic rings. The Morgan fingerprint density at radius 3 is 2.76 bits per heavy atom. The van der Waals surface area contributed by atoms with Crippen LogP contribution in [-0.4, -0.2) is 36.7 Å². The Bertz CT molecular complexity index is 1130. The molecule has 0 radical (unpaired) electrons. The molecule has 0 spiro atoms. The zero-order valence-electron chi connectivity index (χ0n) is 12.4. The molecule has 10 heteroatoms. The number of rotatable bonds is 3. The van der Waals surface area contributed by atoms with Gasteiger partial charge in [0.25, 0.3) is 5.89 Å². The number of nitrogen functional groups attached to an aromatic ring is 1. The zero-order valence-corrected chi connectivity index (χ0v) is 13.2. The van der Waals surface area contributed by atoms with Gasteiger partial charge in [-0.3, -0.25) is 9.36 Å². The van der Waals surface area contributed by atoms with Gasteiger partial charge in [-0.25, -0.2) is 9.78 Å². The van der Waals surface area contributed by atoms with E-state index in [1.54, 1.807) is 29.6 Å². The van der Waals surface area contributed by atoms with Crippen molar-refractivity contribution in [2.45, 2.75) is 0 Å². The highest BCUT2D eigenvalue weighted by Crippen LogP contribution is 2.27. The predicted octanol–water partition coefficient (Wildman–Crippen LogP) is 2.49. The van der Waals surface area contributed by atoms with E-state index in [1.807, 2.05) is 0 Å². The second-order valence-corrected chi connectivity index (χ2v) is 5.88. The van der Waals surface area contributed by atoms with Gasteiger partial charge < -0.3 is 15.3 Å². The van der Waals surface area contributed by atoms with Gasteiger partial charge >= 0.3 is 12.1 Å². The Labute approximate surface area is 143 Å². The van der Waals surface area contributed by atoms with E-state index >= 15 is 0 Å². The molecule has 0 aliphatic rings. The fourth-order valence-electron chi connectivity index (χ4n) is 2.45. The molecule has 3 N–H and O–H groups in total. The van der Waals surface area contributed by atoms with Crippen LogP contribution in [0.15, 0.2) is 40.3 Å². The fourth-order valence-corrected chi connectivity index (χ4v) is 3.19. The number of fused-ring (bicyclic) bond motifs is 1. The second-order valence-electron chi connectivity index (χ2n) is 5.02. The molecule has 9 nitrogen and oxygen atoms in total. The third-order valence-electron chi connectivity index (χ3n) is 3.52. The van der Waals surface area contributed by atoms with Gasteiger partial charge in [-0.2, -0.15) is 0 Å². The number of hydrogen-bond acceptors (Lipinski definition) is 8. The maximum atomic E-state index is 12.8.